The van der Waals surface area contributed by atoms with Crippen molar-refractivity contribution in [3.05, 3.63) is 48.4 Å². The molecule has 0 aliphatic carbocycles. The van der Waals surface area contributed by atoms with E-state index in [4.69, 9.17) is 4.74 Å². The third-order valence-electron chi connectivity index (χ3n) is 3.40. The lowest BCUT2D eigenvalue weighted by Gasteiger charge is -2.06. The Morgan fingerprint density at radius 1 is 1.05 bits per heavy atom. The molecule has 0 aliphatic rings. The zero-order valence-corrected chi connectivity index (χ0v) is 12.7. The van der Waals surface area contributed by atoms with Crippen molar-refractivity contribution in [3.63, 3.8) is 0 Å². The second-order valence-electron chi connectivity index (χ2n) is 5.08. The summed E-state index contributed by atoms with van der Waals surface area (Å²) in [6.45, 7) is 3.32. The summed E-state index contributed by atoms with van der Waals surface area (Å²) in [6, 6.07) is 10.3. The van der Waals surface area contributed by atoms with E-state index in [9.17, 15) is 0 Å². The van der Waals surface area contributed by atoms with Crippen molar-refractivity contribution >= 4 is 16.9 Å². The van der Waals surface area contributed by atoms with E-state index in [1.54, 1.807) is 7.11 Å². The number of fused-ring (bicyclic) bond motifs is 1. The van der Waals surface area contributed by atoms with Gasteiger partial charge in [0.1, 0.15) is 0 Å². The molecule has 2 heterocycles. The van der Waals surface area contributed by atoms with E-state index in [1.807, 2.05) is 37.5 Å². The Bertz CT molecular complexity index is 771. The minimum absolute atomic E-state index is 0.610. The third-order valence-corrected chi connectivity index (χ3v) is 3.40. The number of pyridine rings is 1. The van der Waals surface area contributed by atoms with Gasteiger partial charge in [-0.25, -0.2) is 9.97 Å². The highest BCUT2D eigenvalue weighted by atomic mass is 16.5. The topological polar surface area (TPSA) is 59.9 Å². The lowest BCUT2D eigenvalue weighted by atomic mass is 10.1. The first-order chi connectivity index (χ1) is 10.8. The number of methoxy groups -OCH3 is 1. The number of nitrogens with zero attached hydrogens (tertiary/aromatic N) is 3. The number of aromatic nitrogens is 3. The van der Waals surface area contributed by atoms with Crippen molar-refractivity contribution in [2.24, 2.45) is 0 Å². The summed E-state index contributed by atoms with van der Waals surface area (Å²) in [4.78, 5) is 13.2. The van der Waals surface area contributed by atoms with Gasteiger partial charge in [0, 0.05) is 42.7 Å². The van der Waals surface area contributed by atoms with Gasteiger partial charge < -0.3 is 10.1 Å². The first-order valence-corrected chi connectivity index (χ1v) is 7.19. The summed E-state index contributed by atoms with van der Waals surface area (Å²) < 4.78 is 4.98. The van der Waals surface area contributed by atoms with E-state index in [-0.39, 0.29) is 0 Å². The first-order valence-electron chi connectivity index (χ1n) is 7.19. The van der Waals surface area contributed by atoms with Crippen LogP contribution in [0.2, 0.25) is 0 Å². The molecule has 5 heteroatoms. The molecule has 1 N–H and O–H groups in total. The number of benzene rings is 1. The predicted octanol–water partition coefficient (Wildman–Crippen LogP) is 3.06. The predicted molar refractivity (Wildman–Crippen MR) is 87.9 cm³/mol. The van der Waals surface area contributed by atoms with Crippen LogP contribution in [0.3, 0.4) is 0 Å². The SMILES string of the molecule is COCCNc1ncc(-c2ccc3nc(C)ccc3c2)cn1. The molecule has 0 saturated heterocycles. The summed E-state index contributed by atoms with van der Waals surface area (Å²) in [5.74, 6) is 0.610. The minimum Gasteiger partial charge on any atom is -0.383 e. The Morgan fingerprint density at radius 3 is 2.64 bits per heavy atom. The largest absolute Gasteiger partial charge is 0.383 e. The van der Waals surface area contributed by atoms with Crippen molar-refractivity contribution in [1.82, 2.24) is 15.0 Å². The van der Waals surface area contributed by atoms with Crippen LogP contribution in [0.4, 0.5) is 5.95 Å². The molecule has 5 nitrogen and oxygen atoms in total. The molecule has 0 atom stereocenters. The molecule has 0 aliphatic heterocycles. The van der Waals surface area contributed by atoms with E-state index < -0.39 is 0 Å². The van der Waals surface area contributed by atoms with E-state index in [2.05, 4.69) is 32.4 Å². The Balaban J connectivity index is 1.82. The van der Waals surface area contributed by atoms with Gasteiger partial charge in [0.25, 0.3) is 0 Å². The van der Waals surface area contributed by atoms with Gasteiger partial charge >= 0.3 is 0 Å². The molecule has 3 aromatic rings. The first kappa shape index (κ1) is 14.4. The number of ether oxygens (including phenoxy) is 1. The highest BCUT2D eigenvalue weighted by Crippen LogP contribution is 2.23. The summed E-state index contributed by atoms with van der Waals surface area (Å²) in [6.07, 6.45) is 3.65. The van der Waals surface area contributed by atoms with Crippen molar-refractivity contribution in [1.29, 1.82) is 0 Å². The number of anilines is 1. The Hall–Kier alpha value is -2.53. The summed E-state index contributed by atoms with van der Waals surface area (Å²) >= 11 is 0. The van der Waals surface area contributed by atoms with E-state index >= 15 is 0 Å². The van der Waals surface area contributed by atoms with E-state index in [0.717, 1.165) is 27.7 Å². The molecule has 22 heavy (non-hydrogen) atoms. The quantitative estimate of drug-likeness (QED) is 0.733. The molecular formula is C17H18N4O. The molecule has 0 bridgehead atoms. The number of hydrogen-bond donors (Lipinski definition) is 1. The van der Waals surface area contributed by atoms with Gasteiger partial charge in [-0.2, -0.15) is 0 Å². The van der Waals surface area contributed by atoms with E-state index in [1.165, 1.54) is 0 Å². The van der Waals surface area contributed by atoms with Crippen molar-refractivity contribution in [2.45, 2.75) is 6.92 Å². The summed E-state index contributed by atoms with van der Waals surface area (Å²) in [5.41, 5.74) is 4.10. The van der Waals surface area contributed by atoms with Crippen LogP contribution in [0, 0.1) is 6.92 Å². The molecule has 0 amide bonds. The molecule has 2 aromatic heterocycles. The van der Waals surface area contributed by atoms with Gasteiger partial charge in [0.2, 0.25) is 5.95 Å². The van der Waals surface area contributed by atoms with Crippen molar-refractivity contribution < 1.29 is 4.74 Å². The van der Waals surface area contributed by atoms with Gasteiger partial charge in [-0.05, 0) is 30.7 Å². The van der Waals surface area contributed by atoms with Crippen LogP contribution in [-0.2, 0) is 4.74 Å². The van der Waals surface area contributed by atoms with Crippen LogP contribution in [-0.4, -0.2) is 35.2 Å². The lowest BCUT2D eigenvalue weighted by Crippen LogP contribution is -2.09. The monoisotopic (exact) mass is 294 g/mol. The Kier molecular flexibility index (Phi) is 4.25. The number of rotatable bonds is 5. The van der Waals surface area contributed by atoms with Crippen molar-refractivity contribution in [3.8, 4) is 11.1 Å². The average Bonchev–Trinajstić information content (AvgIpc) is 2.55. The fourth-order valence-corrected chi connectivity index (χ4v) is 2.24. The third kappa shape index (κ3) is 3.20. The molecular weight excluding hydrogens is 276 g/mol. The van der Waals surface area contributed by atoms with Gasteiger partial charge in [-0.1, -0.05) is 12.1 Å². The summed E-state index contributed by atoms with van der Waals surface area (Å²) in [7, 11) is 1.67. The van der Waals surface area contributed by atoms with Gasteiger partial charge in [-0.3, -0.25) is 4.98 Å². The average molecular weight is 294 g/mol. The maximum Gasteiger partial charge on any atom is 0.222 e. The lowest BCUT2D eigenvalue weighted by molar-refractivity contribution is 0.210. The van der Waals surface area contributed by atoms with Crippen LogP contribution < -0.4 is 5.32 Å². The smallest absolute Gasteiger partial charge is 0.222 e. The van der Waals surface area contributed by atoms with Gasteiger partial charge in [0.05, 0.1) is 12.1 Å². The highest BCUT2D eigenvalue weighted by Gasteiger charge is 2.03. The van der Waals surface area contributed by atoms with Crippen LogP contribution in [0.25, 0.3) is 22.0 Å². The molecule has 0 spiro atoms. The number of hydrogen-bond acceptors (Lipinski definition) is 5. The highest BCUT2D eigenvalue weighted by molar-refractivity contribution is 5.84. The molecule has 0 unspecified atom stereocenters. The van der Waals surface area contributed by atoms with Crippen molar-refractivity contribution in [2.75, 3.05) is 25.6 Å². The molecule has 1 aromatic carbocycles. The normalized spacial score (nSPS) is 10.8. The van der Waals surface area contributed by atoms with Crippen LogP contribution in [0.15, 0.2) is 42.7 Å². The minimum atomic E-state index is 0.610. The number of nitrogens with one attached hydrogen (secondary N) is 1. The zero-order chi connectivity index (χ0) is 15.4. The molecule has 0 saturated carbocycles. The van der Waals surface area contributed by atoms with Crippen LogP contribution >= 0.6 is 0 Å². The second kappa shape index (κ2) is 6.49. The van der Waals surface area contributed by atoms with Gasteiger partial charge in [-0.15, -0.1) is 0 Å². The Labute approximate surface area is 129 Å². The summed E-state index contributed by atoms with van der Waals surface area (Å²) in [5, 5.41) is 4.22. The molecule has 0 radical (unpaired) electrons. The van der Waals surface area contributed by atoms with Crippen LogP contribution in [0.5, 0.6) is 0 Å². The molecule has 112 valence electrons. The standard InChI is InChI=1S/C17H18N4O/c1-12-3-4-14-9-13(5-6-16(14)21-12)15-10-19-17(20-11-15)18-7-8-22-2/h3-6,9-11H,7-8H2,1-2H3,(H,18,19,20). The fourth-order valence-electron chi connectivity index (χ4n) is 2.24. The zero-order valence-electron chi connectivity index (χ0n) is 12.7. The molecule has 3 rings (SSSR count). The van der Waals surface area contributed by atoms with Gasteiger partial charge in [0.15, 0.2) is 0 Å². The molecule has 0 fully saturated rings. The fraction of sp³-hybridized carbons (Fsp3) is 0.235. The maximum absolute atomic E-state index is 4.98. The van der Waals surface area contributed by atoms with E-state index in [0.29, 0.717) is 19.1 Å². The second-order valence-corrected chi connectivity index (χ2v) is 5.08. The number of aryl methyl sites for hydroxylation is 1. The Morgan fingerprint density at radius 2 is 1.86 bits per heavy atom. The van der Waals surface area contributed by atoms with Crippen LogP contribution in [0.1, 0.15) is 5.69 Å². The maximum atomic E-state index is 4.98.